The highest BCUT2D eigenvalue weighted by Crippen LogP contribution is 2.27. The third-order valence-corrected chi connectivity index (χ3v) is 4.95. The van der Waals surface area contributed by atoms with Crippen LogP contribution in [-0.4, -0.2) is 47.6 Å². The summed E-state index contributed by atoms with van der Waals surface area (Å²) in [5.41, 5.74) is 3.27. The van der Waals surface area contributed by atoms with E-state index in [1.165, 1.54) is 30.6 Å². The van der Waals surface area contributed by atoms with E-state index in [2.05, 4.69) is 43.8 Å². The number of halogens is 2. The van der Waals surface area contributed by atoms with E-state index in [4.69, 9.17) is 5.26 Å². The molecule has 0 aliphatic carbocycles. The van der Waals surface area contributed by atoms with Crippen molar-refractivity contribution < 1.29 is 0 Å². The Morgan fingerprint density at radius 3 is 2.43 bits per heavy atom. The Bertz CT molecular complexity index is 533. The quantitative estimate of drug-likeness (QED) is 0.808. The van der Waals surface area contributed by atoms with E-state index in [1.807, 2.05) is 17.7 Å². The SMILES string of the molecule is CCC[C@H]1CN(Cc2cc(C#N)n(C)c2C)C[C@@H]1N(C)C.Cl.Cl. The highest BCUT2D eigenvalue weighted by atomic mass is 35.5. The van der Waals surface area contributed by atoms with Gasteiger partial charge in [-0.25, -0.2) is 0 Å². The molecule has 0 spiro atoms. The standard InChI is InChI=1S/C17H28N4.2ClH/c1-6-7-14-10-21(12-17(14)19(3)4)11-15-8-16(9-18)20(5)13(15)2;;/h8,14,17H,6-7,10-12H2,1-5H3;2*1H/t14-,17-;;/m0../s1. The molecule has 23 heavy (non-hydrogen) atoms. The molecule has 2 rings (SSSR count). The largest absolute Gasteiger partial charge is 0.340 e. The van der Waals surface area contributed by atoms with Crippen LogP contribution in [0, 0.1) is 24.2 Å². The Hall–Kier alpha value is -0.730. The number of likely N-dealkylation sites (N-methyl/N-ethyl adjacent to an activating group) is 1. The third kappa shape index (κ3) is 4.87. The lowest BCUT2D eigenvalue weighted by atomic mass is 9.98. The van der Waals surface area contributed by atoms with Gasteiger partial charge in [-0.1, -0.05) is 13.3 Å². The van der Waals surface area contributed by atoms with Gasteiger partial charge in [0, 0.05) is 38.4 Å². The average molecular weight is 361 g/mol. The Labute approximate surface area is 153 Å². The minimum Gasteiger partial charge on any atom is -0.340 e. The number of nitrogens with zero attached hydrogens (tertiary/aromatic N) is 4. The fourth-order valence-electron chi connectivity index (χ4n) is 3.58. The van der Waals surface area contributed by atoms with Crippen LogP contribution >= 0.6 is 24.8 Å². The molecule has 1 saturated heterocycles. The molecule has 2 atom stereocenters. The second-order valence-electron chi connectivity index (χ2n) is 6.58. The monoisotopic (exact) mass is 360 g/mol. The Morgan fingerprint density at radius 2 is 1.96 bits per heavy atom. The molecule has 4 nitrogen and oxygen atoms in total. The average Bonchev–Trinajstić information content (AvgIpc) is 2.96. The van der Waals surface area contributed by atoms with Crippen LogP contribution in [0.25, 0.3) is 0 Å². The first-order chi connectivity index (χ1) is 9.97. The topological polar surface area (TPSA) is 35.2 Å². The minimum atomic E-state index is 0. The maximum Gasteiger partial charge on any atom is 0.120 e. The molecular formula is C17H30Cl2N4. The van der Waals surface area contributed by atoms with Crippen molar-refractivity contribution in [3.05, 3.63) is 23.0 Å². The van der Waals surface area contributed by atoms with E-state index >= 15 is 0 Å². The summed E-state index contributed by atoms with van der Waals surface area (Å²) < 4.78 is 2.00. The molecule has 0 saturated carbocycles. The first-order valence-electron chi connectivity index (χ1n) is 7.92. The summed E-state index contributed by atoms with van der Waals surface area (Å²) in [6, 6.07) is 4.98. The lowest BCUT2D eigenvalue weighted by Gasteiger charge is -2.24. The van der Waals surface area contributed by atoms with E-state index < -0.39 is 0 Å². The smallest absolute Gasteiger partial charge is 0.120 e. The molecule has 1 aromatic heterocycles. The second-order valence-corrected chi connectivity index (χ2v) is 6.58. The van der Waals surface area contributed by atoms with Crippen molar-refractivity contribution in [2.24, 2.45) is 13.0 Å². The Morgan fingerprint density at radius 1 is 1.30 bits per heavy atom. The molecule has 0 N–H and O–H groups in total. The van der Waals surface area contributed by atoms with E-state index in [-0.39, 0.29) is 24.8 Å². The fourth-order valence-corrected chi connectivity index (χ4v) is 3.58. The molecule has 0 unspecified atom stereocenters. The molecule has 0 bridgehead atoms. The van der Waals surface area contributed by atoms with Crippen LogP contribution in [0.2, 0.25) is 0 Å². The zero-order valence-electron chi connectivity index (χ0n) is 14.9. The van der Waals surface area contributed by atoms with Gasteiger partial charge >= 0.3 is 0 Å². The van der Waals surface area contributed by atoms with Gasteiger partial charge in [-0.2, -0.15) is 5.26 Å². The van der Waals surface area contributed by atoms with Crippen LogP contribution in [0.15, 0.2) is 6.07 Å². The van der Waals surface area contributed by atoms with Crippen LogP contribution in [0.5, 0.6) is 0 Å². The van der Waals surface area contributed by atoms with Gasteiger partial charge in [0.1, 0.15) is 11.8 Å². The number of rotatable bonds is 5. The Balaban J connectivity index is 0.00000242. The molecule has 1 fully saturated rings. The van der Waals surface area contributed by atoms with Crippen LogP contribution in [-0.2, 0) is 13.6 Å². The van der Waals surface area contributed by atoms with Gasteiger partial charge in [0.2, 0.25) is 0 Å². The molecule has 0 aromatic carbocycles. The molecule has 0 amide bonds. The number of likely N-dealkylation sites (tertiary alicyclic amines) is 1. The summed E-state index contributed by atoms with van der Waals surface area (Å²) in [5, 5.41) is 9.15. The van der Waals surface area contributed by atoms with Gasteiger partial charge < -0.3 is 9.47 Å². The summed E-state index contributed by atoms with van der Waals surface area (Å²) in [6.45, 7) is 7.65. The number of hydrogen-bond donors (Lipinski definition) is 0. The summed E-state index contributed by atoms with van der Waals surface area (Å²) in [7, 11) is 6.36. The zero-order valence-corrected chi connectivity index (χ0v) is 16.5. The molecule has 1 aromatic rings. The van der Waals surface area contributed by atoms with E-state index in [9.17, 15) is 0 Å². The maximum atomic E-state index is 9.15. The molecule has 1 aliphatic rings. The fraction of sp³-hybridized carbons (Fsp3) is 0.706. The van der Waals surface area contributed by atoms with E-state index in [0.29, 0.717) is 6.04 Å². The van der Waals surface area contributed by atoms with Gasteiger partial charge in [-0.05, 0) is 45.0 Å². The summed E-state index contributed by atoms with van der Waals surface area (Å²) in [5.74, 6) is 0.768. The number of nitriles is 1. The molecule has 1 aliphatic heterocycles. The van der Waals surface area contributed by atoms with E-state index in [0.717, 1.165) is 24.7 Å². The van der Waals surface area contributed by atoms with Gasteiger partial charge in [-0.15, -0.1) is 24.8 Å². The summed E-state index contributed by atoms with van der Waals surface area (Å²) in [6.07, 6.45) is 2.56. The van der Waals surface area contributed by atoms with Crippen molar-refractivity contribution >= 4 is 24.8 Å². The first kappa shape index (κ1) is 22.3. The van der Waals surface area contributed by atoms with Gasteiger partial charge in [-0.3, -0.25) is 4.90 Å². The highest BCUT2D eigenvalue weighted by molar-refractivity contribution is 5.85. The summed E-state index contributed by atoms with van der Waals surface area (Å²) in [4.78, 5) is 4.92. The maximum absolute atomic E-state index is 9.15. The molecule has 132 valence electrons. The van der Waals surface area contributed by atoms with Crippen LogP contribution in [0.3, 0.4) is 0 Å². The highest BCUT2D eigenvalue weighted by Gasteiger charge is 2.33. The van der Waals surface area contributed by atoms with Crippen LogP contribution < -0.4 is 0 Å². The molecule has 6 heteroatoms. The van der Waals surface area contributed by atoms with Crippen molar-refractivity contribution in [3.63, 3.8) is 0 Å². The predicted molar refractivity (Wildman–Crippen MR) is 101 cm³/mol. The van der Waals surface area contributed by atoms with Crippen LogP contribution in [0.4, 0.5) is 0 Å². The van der Waals surface area contributed by atoms with Crippen molar-refractivity contribution in [2.45, 2.75) is 39.3 Å². The van der Waals surface area contributed by atoms with Crippen molar-refractivity contribution in [2.75, 3.05) is 27.2 Å². The zero-order chi connectivity index (χ0) is 15.6. The number of aromatic nitrogens is 1. The predicted octanol–water partition coefficient (Wildman–Crippen LogP) is 3.21. The molecule has 0 radical (unpaired) electrons. The summed E-state index contributed by atoms with van der Waals surface area (Å²) >= 11 is 0. The van der Waals surface area contributed by atoms with Crippen LogP contribution in [0.1, 0.15) is 36.7 Å². The normalized spacial score (nSPS) is 20.9. The van der Waals surface area contributed by atoms with Gasteiger partial charge in [0.15, 0.2) is 0 Å². The third-order valence-electron chi connectivity index (χ3n) is 4.95. The van der Waals surface area contributed by atoms with Crippen molar-refractivity contribution in [3.8, 4) is 6.07 Å². The lowest BCUT2D eigenvalue weighted by Crippen LogP contribution is -2.35. The molecule has 2 heterocycles. The lowest BCUT2D eigenvalue weighted by molar-refractivity contribution is 0.238. The van der Waals surface area contributed by atoms with Crippen molar-refractivity contribution in [1.82, 2.24) is 14.4 Å². The minimum absolute atomic E-state index is 0. The first-order valence-corrected chi connectivity index (χ1v) is 7.92. The van der Waals surface area contributed by atoms with Gasteiger partial charge in [0.25, 0.3) is 0 Å². The van der Waals surface area contributed by atoms with E-state index in [1.54, 1.807) is 0 Å². The van der Waals surface area contributed by atoms with Gasteiger partial charge in [0.05, 0.1) is 0 Å². The Kier molecular flexibility index (Phi) is 9.24. The second kappa shape index (κ2) is 9.54. The molecular weight excluding hydrogens is 331 g/mol. The number of hydrogen-bond acceptors (Lipinski definition) is 3. The van der Waals surface area contributed by atoms with Crippen molar-refractivity contribution in [1.29, 1.82) is 5.26 Å².